The van der Waals surface area contributed by atoms with Crippen LogP contribution in [0.5, 0.6) is 0 Å². The number of fused-ring (bicyclic) bond motifs is 1. The van der Waals surface area contributed by atoms with Crippen LogP contribution in [-0.2, 0) is 0 Å². The second kappa shape index (κ2) is 6.06. The van der Waals surface area contributed by atoms with E-state index in [0.29, 0.717) is 11.8 Å². The van der Waals surface area contributed by atoms with E-state index < -0.39 is 8.83 Å². The summed E-state index contributed by atoms with van der Waals surface area (Å²) in [7, 11) is -0.646. The zero-order chi connectivity index (χ0) is 15.9. The van der Waals surface area contributed by atoms with E-state index in [4.69, 9.17) is 11.1 Å². The first-order chi connectivity index (χ1) is 10.5. The van der Waals surface area contributed by atoms with Crippen molar-refractivity contribution in [3.63, 3.8) is 0 Å². The first-order valence-corrected chi connectivity index (χ1v) is 10.8. The van der Waals surface area contributed by atoms with E-state index in [1.165, 1.54) is 38.6 Å². The van der Waals surface area contributed by atoms with Crippen LogP contribution in [0.15, 0.2) is 42.0 Å². The van der Waals surface area contributed by atoms with E-state index in [2.05, 4.69) is 70.2 Å². The Morgan fingerprint density at radius 2 is 1.68 bits per heavy atom. The van der Waals surface area contributed by atoms with Crippen LogP contribution in [-0.4, -0.2) is 8.83 Å². The molecule has 0 N–H and O–H groups in total. The molecule has 2 aromatic rings. The van der Waals surface area contributed by atoms with Crippen LogP contribution < -0.4 is 5.19 Å². The van der Waals surface area contributed by atoms with Crippen LogP contribution in [0.2, 0.25) is 0 Å². The maximum absolute atomic E-state index is 6.24. The van der Waals surface area contributed by atoms with Gasteiger partial charge in [-0.15, -0.1) is 0 Å². The predicted octanol–water partition coefficient (Wildman–Crippen LogP) is 4.62. The molecular formula is C20H23ClSi. The molecule has 1 atom stereocenters. The van der Waals surface area contributed by atoms with Gasteiger partial charge in [0, 0.05) is 5.92 Å². The fraction of sp³-hybridized carbons (Fsp3) is 0.300. The van der Waals surface area contributed by atoms with Gasteiger partial charge in [0.05, 0.1) is 0 Å². The minimum atomic E-state index is -0.646. The van der Waals surface area contributed by atoms with E-state index in [9.17, 15) is 0 Å². The molecule has 0 nitrogen and oxygen atoms in total. The van der Waals surface area contributed by atoms with Crippen molar-refractivity contribution in [1.29, 1.82) is 0 Å². The summed E-state index contributed by atoms with van der Waals surface area (Å²) in [5.74, 6) is 0.950. The van der Waals surface area contributed by atoms with Crippen molar-refractivity contribution in [3.8, 4) is 0 Å². The molecular weight excluding hydrogens is 304 g/mol. The van der Waals surface area contributed by atoms with Crippen LogP contribution >= 0.6 is 11.1 Å². The Morgan fingerprint density at radius 3 is 2.36 bits per heavy atom. The molecule has 22 heavy (non-hydrogen) atoms. The Morgan fingerprint density at radius 1 is 1.00 bits per heavy atom. The summed E-state index contributed by atoms with van der Waals surface area (Å²) in [6.45, 7) is 9.05. The Labute approximate surface area is 140 Å². The van der Waals surface area contributed by atoms with Crippen molar-refractivity contribution in [3.05, 3.63) is 69.8 Å². The molecule has 0 amide bonds. The Kier molecular flexibility index (Phi) is 4.29. The average molecular weight is 327 g/mol. The molecule has 0 bridgehead atoms. The fourth-order valence-corrected chi connectivity index (χ4v) is 5.15. The van der Waals surface area contributed by atoms with Gasteiger partial charge in [-0.05, 0) is 52.8 Å². The minimum absolute atomic E-state index is 0.394. The summed E-state index contributed by atoms with van der Waals surface area (Å²) in [5, 5.41) is 1.38. The lowest BCUT2D eigenvalue weighted by Gasteiger charge is -2.20. The van der Waals surface area contributed by atoms with E-state index in [1.54, 1.807) is 0 Å². The molecule has 2 aromatic carbocycles. The van der Waals surface area contributed by atoms with Crippen molar-refractivity contribution < 1.29 is 0 Å². The largest absolute Gasteiger partial charge is 0.170 e. The molecule has 0 fully saturated rings. The fourth-order valence-electron chi connectivity index (χ4n) is 3.65. The van der Waals surface area contributed by atoms with Crippen LogP contribution in [0.25, 0.3) is 6.08 Å². The first-order valence-electron chi connectivity index (χ1n) is 8.00. The molecule has 3 rings (SSSR count). The quantitative estimate of drug-likeness (QED) is 0.570. The second-order valence-corrected chi connectivity index (χ2v) is 8.42. The topological polar surface area (TPSA) is 0 Å². The Balaban J connectivity index is 2.17. The lowest BCUT2D eigenvalue weighted by atomic mass is 9.85. The number of benzene rings is 2. The van der Waals surface area contributed by atoms with Gasteiger partial charge in [-0.3, -0.25) is 0 Å². The first kappa shape index (κ1) is 15.6. The van der Waals surface area contributed by atoms with E-state index in [-0.39, 0.29) is 0 Å². The third-order valence-corrected chi connectivity index (χ3v) is 6.79. The maximum atomic E-state index is 6.24. The standard InChI is InChI=1S/C20H23ClSi/c1-12(2)15-7-5-9-17-18(15)11-13(3)20(17)16-8-6-10-19(22-21)14(16)4/h5-12,20H,22H2,1-4H3. The SMILES string of the molecule is CC1=Cc2c(C(C)C)cccc2C1c1cccc([SiH2]Cl)c1C. The number of halogens is 1. The average Bonchev–Trinajstić information content (AvgIpc) is 2.83. The summed E-state index contributed by atoms with van der Waals surface area (Å²) in [6.07, 6.45) is 2.39. The molecule has 0 saturated carbocycles. The summed E-state index contributed by atoms with van der Waals surface area (Å²) < 4.78 is 0. The van der Waals surface area contributed by atoms with Crippen molar-refractivity contribution in [1.82, 2.24) is 0 Å². The molecule has 0 radical (unpaired) electrons. The van der Waals surface area contributed by atoms with Crippen LogP contribution in [0.4, 0.5) is 0 Å². The molecule has 1 unspecified atom stereocenters. The van der Waals surface area contributed by atoms with Gasteiger partial charge in [0.1, 0.15) is 0 Å². The van der Waals surface area contributed by atoms with Crippen molar-refractivity contribution >= 4 is 31.2 Å². The highest BCUT2D eigenvalue weighted by molar-refractivity contribution is 7.01. The molecule has 0 heterocycles. The van der Waals surface area contributed by atoms with E-state index in [0.717, 1.165) is 0 Å². The van der Waals surface area contributed by atoms with Crippen molar-refractivity contribution in [2.45, 2.75) is 39.5 Å². The van der Waals surface area contributed by atoms with Gasteiger partial charge < -0.3 is 0 Å². The molecule has 2 heteroatoms. The predicted molar refractivity (Wildman–Crippen MR) is 101 cm³/mol. The zero-order valence-electron chi connectivity index (χ0n) is 13.8. The Hall–Kier alpha value is -1.31. The Bertz CT molecular complexity index is 743. The number of hydrogen-bond donors (Lipinski definition) is 0. The molecule has 0 aromatic heterocycles. The lowest BCUT2D eigenvalue weighted by Crippen LogP contribution is -2.16. The van der Waals surface area contributed by atoms with Gasteiger partial charge in [-0.25, -0.2) is 0 Å². The second-order valence-electron chi connectivity index (χ2n) is 6.59. The van der Waals surface area contributed by atoms with Gasteiger partial charge in [0.2, 0.25) is 0 Å². The highest BCUT2D eigenvalue weighted by Crippen LogP contribution is 2.43. The minimum Gasteiger partial charge on any atom is -0.170 e. The molecule has 0 spiro atoms. The smallest absolute Gasteiger partial charge is 0.156 e. The van der Waals surface area contributed by atoms with Gasteiger partial charge in [0.15, 0.2) is 8.83 Å². The number of rotatable bonds is 3. The molecule has 0 aliphatic heterocycles. The van der Waals surface area contributed by atoms with Gasteiger partial charge in [-0.2, -0.15) is 11.1 Å². The summed E-state index contributed by atoms with van der Waals surface area (Å²) in [4.78, 5) is 0. The van der Waals surface area contributed by atoms with Gasteiger partial charge in [0.25, 0.3) is 0 Å². The van der Waals surface area contributed by atoms with Crippen molar-refractivity contribution in [2.24, 2.45) is 0 Å². The third-order valence-electron chi connectivity index (χ3n) is 4.88. The summed E-state index contributed by atoms with van der Waals surface area (Å²) in [6, 6.07) is 13.4. The van der Waals surface area contributed by atoms with Crippen LogP contribution in [0, 0.1) is 6.92 Å². The van der Waals surface area contributed by atoms with Gasteiger partial charge >= 0.3 is 0 Å². The lowest BCUT2D eigenvalue weighted by molar-refractivity contribution is 0.858. The zero-order valence-corrected chi connectivity index (χ0v) is 16.0. The maximum Gasteiger partial charge on any atom is 0.156 e. The molecule has 1 aliphatic carbocycles. The van der Waals surface area contributed by atoms with E-state index in [1.807, 2.05) is 0 Å². The monoisotopic (exact) mass is 326 g/mol. The summed E-state index contributed by atoms with van der Waals surface area (Å²) >= 11 is 6.24. The molecule has 1 aliphatic rings. The summed E-state index contributed by atoms with van der Waals surface area (Å²) in [5.41, 5.74) is 8.62. The van der Waals surface area contributed by atoms with Crippen LogP contribution in [0.1, 0.15) is 60.4 Å². The molecule has 114 valence electrons. The molecule has 0 saturated heterocycles. The highest BCUT2D eigenvalue weighted by Gasteiger charge is 2.27. The normalized spacial score (nSPS) is 17.4. The van der Waals surface area contributed by atoms with Gasteiger partial charge in [-0.1, -0.05) is 61.9 Å². The third kappa shape index (κ3) is 2.47. The highest BCUT2D eigenvalue weighted by atomic mass is 35.6. The van der Waals surface area contributed by atoms with Crippen molar-refractivity contribution in [2.75, 3.05) is 0 Å². The van der Waals surface area contributed by atoms with E-state index >= 15 is 0 Å². The number of allylic oxidation sites excluding steroid dienone is 1. The number of hydrogen-bond acceptors (Lipinski definition) is 0. The van der Waals surface area contributed by atoms with Crippen LogP contribution in [0.3, 0.4) is 0 Å².